The highest BCUT2D eigenvalue weighted by Gasteiger charge is 2.15. The zero-order valence-corrected chi connectivity index (χ0v) is 21.7. The summed E-state index contributed by atoms with van der Waals surface area (Å²) < 4.78 is 4.51. The normalized spacial score (nSPS) is 11.7. The van der Waals surface area contributed by atoms with Crippen molar-refractivity contribution in [3.8, 4) is 11.6 Å². The molecule has 0 N–H and O–H groups in total. The Balaban J connectivity index is 1.25. The number of para-hydroxylation sites is 3. The first-order chi connectivity index (χ1) is 19.3. The Kier molecular flexibility index (Phi) is 5.03. The second kappa shape index (κ2) is 8.86. The van der Waals surface area contributed by atoms with Gasteiger partial charge in [0.1, 0.15) is 16.7 Å². The summed E-state index contributed by atoms with van der Waals surface area (Å²) >= 11 is 1.68. The van der Waals surface area contributed by atoms with E-state index in [1.165, 1.54) is 21.5 Å². The summed E-state index contributed by atoms with van der Waals surface area (Å²) in [6.45, 7) is 0. The van der Waals surface area contributed by atoms with E-state index in [9.17, 15) is 0 Å². The predicted molar refractivity (Wildman–Crippen MR) is 161 cm³/mol. The van der Waals surface area contributed by atoms with Gasteiger partial charge in [-0.1, -0.05) is 84.6 Å². The van der Waals surface area contributed by atoms with Crippen molar-refractivity contribution in [2.75, 3.05) is 0 Å². The minimum absolute atomic E-state index is 0.914. The molecular formula is C34H22N4S. The van der Waals surface area contributed by atoms with Crippen LogP contribution in [0, 0.1) is 0 Å². The molecule has 0 saturated carbocycles. The lowest BCUT2D eigenvalue weighted by Crippen LogP contribution is -1.98. The van der Waals surface area contributed by atoms with E-state index in [2.05, 4.69) is 129 Å². The number of hydrogen-bond donors (Lipinski definition) is 0. The minimum atomic E-state index is 0.914. The van der Waals surface area contributed by atoms with E-state index >= 15 is 0 Å². The van der Waals surface area contributed by atoms with Gasteiger partial charge in [0.2, 0.25) is 0 Å². The Morgan fingerprint density at radius 3 is 1.67 bits per heavy atom. The smallest absolute Gasteiger partial charge is 0.138 e. The lowest BCUT2D eigenvalue weighted by Gasteiger charge is -2.10. The molecule has 4 aromatic carbocycles. The van der Waals surface area contributed by atoms with Gasteiger partial charge in [0.25, 0.3) is 0 Å². The second-order valence-electron chi connectivity index (χ2n) is 9.53. The molecule has 39 heavy (non-hydrogen) atoms. The maximum atomic E-state index is 5.12. The van der Waals surface area contributed by atoms with Crippen molar-refractivity contribution in [1.29, 1.82) is 0 Å². The first-order valence-corrected chi connectivity index (χ1v) is 13.7. The summed E-state index contributed by atoms with van der Waals surface area (Å²) in [6, 6.07) is 44.6. The van der Waals surface area contributed by atoms with Crippen LogP contribution in [0.2, 0.25) is 0 Å². The number of benzene rings is 4. The lowest BCUT2D eigenvalue weighted by atomic mass is 10.2. The van der Waals surface area contributed by atoms with Gasteiger partial charge in [0.05, 0.1) is 22.1 Å². The van der Waals surface area contributed by atoms with E-state index in [-0.39, 0.29) is 0 Å². The number of pyridine rings is 2. The van der Waals surface area contributed by atoms with Gasteiger partial charge < -0.3 is 0 Å². The molecule has 0 bridgehead atoms. The van der Waals surface area contributed by atoms with Crippen molar-refractivity contribution in [2.45, 2.75) is 9.92 Å². The highest BCUT2D eigenvalue weighted by atomic mass is 32.2. The maximum absolute atomic E-state index is 5.12. The second-order valence-corrected chi connectivity index (χ2v) is 10.6. The quantitative estimate of drug-likeness (QED) is 0.233. The summed E-state index contributed by atoms with van der Waals surface area (Å²) in [5.74, 6) is 1.83. The summed E-state index contributed by atoms with van der Waals surface area (Å²) in [7, 11) is 0. The first-order valence-electron chi connectivity index (χ1n) is 12.9. The number of fused-ring (bicyclic) bond motifs is 6. The first kappa shape index (κ1) is 22.1. The fourth-order valence-electron chi connectivity index (χ4n) is 5.62. The Hall–Kier alpha value is -4.87. The van der Waals surface area contributed by atoms with Crippen LogP contribution in [0.1, 0.15) is 0 Å². The molecule has 0 atom stereocenters. The summed E-state index contributed by atoms with van der Waals surface area (Å²) in [5.41, 5.74) is 4.61. The van der Waals surface area contributed by atoms with Crippen LogP contribution in [0.25, 0.3) is 55.2 Å². The Morgan fingerprint density at radius 1 is 0.462 bits per heavy atom. The Labute approximate surface area is 229 Å². The van der Waals surface area contributed by atoms with E-state index in [4.69, 9.17) is 4.98 Å². The molecule has 184 valence electrons. The third-order valence-electron chi connectivity index (χ3n) is 7.26. The van der Waals surface area contributed by atoms with Gasteiger partial charge in [-0.15, -0.1) is 0 Å². The zero-order valence-electron chi connectivity index (χ0n) is 20.9. The van der Waals surface area contributed by atoms with E-state index in [0.717, 1.165) is 43.6 Å². The van der Waals surface area contributed by atoms with Crippen molar-refractivity contribution in [3.63, 3.8) is 0 Å². The molecule has 0 radical (unpaired) electrons. The van der Waals surface area contributed by atoms with Crippen LogP contribution in [0.4, 0.5) is 0 Å². The van der Waals surface area contributed by atoms with Crippen LogP contribution in [-0.2, 0) is 0 Å². The average Bonchev–Trinajstić information content (AvgIpc) is 3.50. The molecule has 4 aromatic heterocycles. The van der Waals surface area contributed by atoms with E-state index in [1.54, 1.807) is 11.8 Å². The van der Waals surface area contributed by atoms with Crippen LogP contribution >= 0.6 is 11.8 Å². The number of nitrogens with zero attached hydrogens (tertiary/aromatic N) is 4. The van der Waals surface area contributed by atoms with Gasteiger partial charge in [0, 0.05) is 32.6 Å². The predicted octanol–water partition coefficient (Wildman–Crippen LogP) is 8.82. The molecular weight excluding hydrogens is 496 g/mol. The molecule has 0 saturated heterocycles. The highest BCUT2D eigenvalue weighted by Crippen LogP contribution is 2.36. The molecule has 0 aliphatic heterocycles. The fraction of sp³-hybridized carbons (Fsp3) is 0. The largest absolute Gasteiger partial charge is 0.294 e. The number of hydrogen-bond acceptors (Lipinski definition) is 3. The lowest BCUT2D eigenvalue weighted by molar-refractivity contribution is 1.01. The topological polar surface area (TPSA) is 35.6 Å². The minimum Gasteiger partial charge on any atom is -0.294 e. The third kappa shape index (κ3) is 3.55. The molecule has 4 nitrogen and oxygen atoms in total. The third-order valence-corrected chi connectivity index (χ3v) is 8.19. The zero-order chi connectivity index (χ0) is 25.8. The highest BCUT2D eigenvalue weighted by molar-refractivity contribution is 7.99. The maximum Gasteiger partial charge on any atom is 0.138 e. The van der Waals surface area contributed by atoms with Crippen molar-refractivity contribution in [3.05, 3.63) is 134 Å². The van der Waals surface area contributed by atoms with Crippen molar-refractivity contribution in [1.82, 2.24) is 19.1 Å². The van der Waals surface area contributed by atoms with Crippen molar-refractivity contribution < 1.29 is 0 Å². The monoisotopic (exact) mass is 518 g/mol. The van der Waals surface area contributed by atoms with Crippen LogP contribution in [0.15, 0.2) is 144 Å². The van der Waals surface area contributed by atoms with Gasteiger partial charge in [-0.25, -0.2) is 9.97 Å². The molecule has 0 amide bonds. The van der Waals surface area contributed by atoms with E-state index in [0.29, 0.717) is 0 Å². The molecule has 8 aromatic rings. The van der Waals surface area contributed by atoms with Crippen LogP contribution in [0.5, 0.6) is 0 Å². The van der Waals surface area contributed by atoms with Gasteiger partial charge >= 0.3 is 0 Å². The van der Waals surface area contributed by atoms with E-state index in [1.807, 2.05) is 18.3 Å². The van der Waals surface area contributed by atoms with Gasteiger partial charge in [-0.05, 0) is 54.6 Å². The molecule has 0 aliphatic carbocycles. The SMILES string of the molecule is c1ccc(-n2c3ccccc3c3ccc(Sc4cccc(-n5c6ccccc6c6ccccc65)n4)cc32)nc1. The van der Waals surface area contributed by atoms with Crippen molar-refractivity contribution >= 4 is 55.4 Å². The number of aromatic nitrogens is 4. The average molecular weight is 519 g/mol. The van der Waals surface area contributed by atoms with E-state index < -0.39 is 0 Å². The standard InChI is InChI=1S/C34H22N4S/c1-4-13-28-24(10-1)25-11-2-5-14-29(25)37(28)33-17-9-18-34(36-33)39-23-19-20-27-26-12-3-6-15-30(26)38(31(27)22-23)32-16-7-8-21-35-32/h1-22H. The Bertz CT molecular complexity index is 2100. The van der Waals surface area contributed by atoms with Crippen LogP contribution < -0.4 is 0 Å². The molecule has 5 heteroatoms. The summed E-state index contributed by atoms with van der Waals surface area (Å²) in [4.78, 5) is 10.9. The van der Waals surface area contributed by atoms with Crippen LogP contribution in [-0.4, -0.2) is 19.1 Å². The molecule has 0 spiro atoms. The Morgan fingerprint density at radius 2 is 1.03 bits per heavy atom. The summed E-state index contributed by atoms with van der Waals surface area (Å²) in [5, 5.41) is 5.87. The van der Waals surface area contributed by atoms with Crippen LogP contribution in [0.3, 0.4) is 0 Å². The molecule has 0 unspecified atom stereocenters. The molecule has 4 heterocycles. The summed E-state index contributed by atoms with van der Waals surface area (Å²) in [6.07, 6.45) is 1.85. The number of rotatable bonds is 4. The van der Waals surface area contributed by atoms with Gasteiger partial charge in [-0.3, -0.25) is 9.13 Å². The molecule has 0 fully saturated rings. The molecule has 8 rings (SSSR count). The van der Waals surface area contributed by atoms with Crippen molar-refractivity contribution in [2.24, 2.45) is 0 Å². The molecule has 0 aliphatic rings. The van der Waals surface area contributed by atoms with Gasteiger partial charge in [-0.2, -0.15) is 0 Å². The fourth-order valence-corrected chi connectivity index (χ4v) is 6.46. The van der Waals surface area contributed by atoms with Gasteiger partial charge in [0.15, 0.2) is 0 Å².